The Labute approximate surface area is 69.0 Å². The molecule has 0 aromatic carbocycles. The molecule has 11 heavy (non-hydrogen) atoms. The lowest BCUT2D eigenvalue weighted by Crippen LogP contribution is -2.46. The van der Waals surface area contributed by atoms with Gasteiger partial charge in [-0.1, -0.05) is 0 Å². The van der Waals surface area contributed by atoms with Crippen LogP contribution in [0.2, 0.25) is 6.04 Å². The molecular formula is C6H17NO3Si. The van der Waals surface area contributed by atoms with Gasteiger partial charge in [-0.05, 0) is 6.92 Å². The molecule has 0 aliphatic carbocycles. The maximum atomic E-state index is 5.60. The highest BCUT2D eigenvalue weighted by Crippen LogP contribution is 2.13. The predicted molar refractivity (Wildman–Crippen MR) is 45.2 cm³/mol. The largest absolute Gasteiger partial charge is 0.501 e. The summed E-state index contributed by atoms with van der Waals surface area (Å²) in [6.45, 7) is 1.90. The van der Waals surface area contributed by atoms with Gasteiger partial charge in [0.25, 0.3) is 0 Å². The standard InChI is InChI=1S/C6H17NO3Si/c1-6(7)5-11(8-2,9-3)10-4/h6H,5,7H2,1-4H3. The molecule has 0 amide bonds. The fourth-order valence-electron chi connectivity index (χ4n) is 0.894. The summed E-state index contributed by atoms with van der Waals surface area (Å²) in [7, 11) is 2.35. The molecule has 0 aliphatic rings. The van der Waals surface area contributed by atoms with Gasteiger partial charge in [0, 0.05) is 33.4 Å². The Morgan fingerprint density at radius 3 is 1.64 bits per heavy atom. The Bertz CT molecular complexity index is 97.7. The van der Waals surface area contributed by atoms with Crippen LogP contribution in [0.5, 0.6) is 0 Å². The molecule has 4 nitrogen and oxygen atoms in total. The third-order valence-corrected chi connectivity index (χ3v) is 4.51. The average Bonchev–Trinajstić information content (AvgIpc) is 2.00. The van der Waals surface area contributed by atoms with E-state index in [4.69, 9.17) is 19.0 Å². The van der Waals surface area contributed by atoms with Crippen LogP contribution in [0.15, 0.2) is 0 Å². The molecule has 0 fully saturated rings. The van der Waals surface area contributed by atoms with Gasteiger partial charge in [0.15, 0.2) is 0 Å². The molecular weight excluding hydrogens is 162 g/mol. The first-order valence-corrected chi connectivity index (χ1v) is 5.44. The van der Waals surface area contributed by atoms with Crippen LogP contribution < -0.4 is 5.73 Å². The van der Waals surface area contributed by atoms with E-state index < -0.39 is 8.80 Å². The lowest BCUT2D eigenvalue weighted by atomic mass is 10.4. The van der Waals surface area contributed by atoms with Gasteiger partial charge in [-0.15, -0.1) is 0 Å². The van der Waals surface area contributed by atoms with Crippen molar-refractivity contribution in [1.29, 1.82) is 0 Å². The Morgan fingerprint density at radius 2 is 1.55 bits per heavy atom. The van der Waals surface area contributed by atoms with E-state index in [0.717, 1.165) is 0 Å². The molecule has 0 saturated carbocycles. The van der Waals surface area contributed by atoms with E-state index in [-0.39, 0.29) is 6.04 Å². The molecule has 0 radical (unpaired) electrons. The molecule has 0 rings (SSSR count). The van der Waals surface area contributed by atoms with E-state index in [0.29, 0.717) is 6.04 Å². The molecule has 0 bridgehead atoms. The van der Waals surface area contributed by atoms with Gasteiger partial charge in [0.2, 0.25) is 0 Å². The third kappa shape index (κ3) is 3.30. The number of nitrogens with two attached hydrogens (primary N) is 1. The first-order chi connectivity index (χ1) is 5.10. The van der Waals surface area contributed by atoms with E-state index in [1.54, 1.807) is 21.3 Å². The summed E-state index contributed by atoms with van der Waals surface area (Å²) in [5, 5.41) is 0. The number of rotatable bonds is 5. The molecule has 1 unspecified atom stereocenters. The van der Waals surface area contributed by atoms with Crippen LogP contribution in [0.25, 0.3) is 0 Å². The summed E-state index contributed by atoms with van der Waals surface area (Å²) in [5.41, 5.74) is 5.60. The molecule has 5 heteroatoms. The highest BCUT2D eigenvalue weighted by Gasteiger charge is 2.38. The Morgan fingerprint density at radius 1 is 1.18 bits per heavy atom. The zero-order valence-electron chi connectivity index (χ0n) is 7.59. The normalized spacial score (nSPS) is 15.0. The van der Waals surface area contributed by atoms with Crippen molar-refractivity contribution in [3.63, 3.8) is 0 Å². The predicted octanol–water partition coefficient (Wildman–Crippen LogP) is 0.212. The molecule has 0 heterocycles. The second kappa shape index (κ2) is 4.84. The van der Waals surface area contributed by atoms with E-state index in [1.165, 1.54) is 0 Å². The van der Waals surface area contributed by atoms with E-state index in [9.17, 15) is 0 Å². The number of hydrogen-bond donors (Lipinski definition) is 1. The fraction of sp³-hybridized carbons (Fsp3) is 1.00. The summed E-state index contributed by atoms with van der Waals surface area (Å²) in [6, 6.07) is 0.692. The SMILES string of the molecule is CO[Si](CC(C)N)(OC)OC. The van der Waals surface area contributed by atoms with E-state index in [2.05, 4.69) is 0 Å². The maximum absolute atomic E-state index is 5.60. The van der Waals surface area contributed by atoms with E-state index >= 15 is 0 Å². The maximum Gasteiger partial charge on any atom is 0.501 e. The van der Waals surface area contributed by atoms with Crippen LogP contribution in [-0.2, 0) is 13.3 Å². The first-order valence-electron chi connectivity index (χ1n) is 3.51. The van der Waals surface area contributed by atoms with Crippen molar-refractivity contribution in [2.75, 3.05) is 21.3 Å². The topological polar surface area (TPSA) is 53.7 Å². The molecule has 0 aromatic heterocycles. The molecule has 0 aromatic rings. The minimum absolute atomic E-state index is 0.0431. The lowest BCUT2D eigenvalue weighted by Gasteiger charge is -2.25. The van der Waals surface area contributed by atoms with Crippen LogP contribution in [-0.4, -0.2) is 36.2 Å². The smallest absolute Gasteiger partial charge is 0.377 e. The quantitative estimate of drug-likeness (QED) is 0.613. The summed E-state index contributed by atoms with van der Waals surface area (Å²) >= 11 is 0. The van der Waals surface area contributed by atoms with Crippen molar-refractivity contribution >= 4 is 8.80 Å². The van der Waals surface area contributed by atoms with Crippen LogP contribution in [0, 0.1) is 0 Å². The summed E-state index contributed by atoms with van der Waals surface area (Å²) < 4.78 is 15.5. The van der Waals surface area contributed by atoms with Crippen molar-refractivity contribution in [1.82, 2.24) is 0 Å². The number of hydrogen-bond acceptors (Lipinski definition) is 4. The van der Waals surface area contributed by atoms with Crippen molar-refractivity contribution in [2.24, 2.45) is 5.73 Å². The minimum atomic E-state index is -2.41. The van der Waals surface area contributed by atoms with E-state index in [1.807, 2.05) is 6.92 Å². The first kappa shape index (κ1) is 11.1. The lowest BCUT2D eigenvalue weighted by molar-refractivity contribution is 0.122. The Kier molecular flexibility index (Phi) is 4.86. The van der Waals surface area contributed by atoms with Gasteiger partial charge in [-0.3, -0.25) is 0 Å². The second-order valence-electron chi connectivity index (χ2n) is 2.48. The fourth-order valence-corrected chi connectivity index (χ4v) is 2.68. The minimum Gasteiger partial charge on any atom is -0.377 e. The van der Waals surface area contributed by atoms with Crippen LogP contribution in [0.1, 0.15) is 6.92 Å². The summed E-state index contributed by atoms with van der Waals surface area (Å²) in [5.74, 6) is 0. The molecule has 68 valence electrons. The third-order valence-electron chi connectivity index (χ3n) is 1.50. The molecule has 0 spiro atoms. The monoisotopic (exact) mass is 179 g/mol. The Hall–Kier alpha value is 0.0569. The molecule has 0 saturated heterocycles. The zero-order chi connectivity index (χ0) is 8.91. The average molecular weight is 179 g/mol. The van der Waals surface area contributed by atoms with Crippen LogP contribution in [0.3, 0.4) is 0 Å². The zero-order valence-corrected chi connectivity index (χ0v) is 8.59. The van der Waals surface area contributed by atoms with Gasteiger partial charge in [-0.2, -0.15) is 0 Å². The summed E-state index contributed by atoms with van der Waals surface area (Å²) in [4.78, 5) is 0. The van der Waals surface area contributed by atoms with Crippen molar-refractivity contribution < 1.29 is 13.3 Å². The van der Waals surface area contributed by atoms with Gasteiger partial charge in [0.05, 0.1) is 0 Å². The highest BCUT2D eigenvalue weighted by atomic mass is 28.4. The van der Waals surface area contributed by atoms with Crippen molar-refractivity contribution in [2.45, 2.75) is 19.0 Å². The highest BCUT2D eigenvalue weighted by molar-refractivity contribution is 6.60. The van der Waals surface area contributed by atoms with Crippen molar-refractivity contribution in [3.8, 4) is 0 Å². The van der Waals surface area contributed by atoms with Crippen molar-refractivity contribution in [3.05, 3.63) is 0 Å². The Balaban J connectivity index is 4.05. The molecule has 2 N–H and O–H groups in total. The van der Waals surface area contributed by atoms with Gasteiger partial charge >= 0.3 is 8.80 Å². The van der Waals surface area contributed by atoms with Gasteiger partial charge in [0.1, 0.15) is 0 Å². The second-order valence-corrected chi connectivity index (χ2v) is 5.48. The van der Waals surface area contributed by atoms with Crippen LogP contribution in [0.4, 0.5) is 0 Å². The molecule has 1 atom stereocenters. The van der Waals surface area contributed by atoms with Gasteiger partial charge < -0.3 is 19.0 Å². The van der Waals surface area contributed by atoms with Crippen LogP contribution >= 0.6 is 0 Å². The summed E-state index contributed by atoms with van der Waals surface area (Å²) in [6.07, 6.45) is 0. The molecule has 0 aliphatic heterocycles. The van der Waals surface area contributed by atoms with Gasteiger partial charge in [-0.25, -0.2) is 0 Å².